The van der Waals surface area contributed by atoms with Crippen molar-refractivity contribution in [3.05, 3.63) is 317 Å². The summed E-state index contributed by atoms with van der Waals surface area (Å²) in [4.78, 5) is 18.9. The van der Waals surface area contributed by atoms with E-state index in [4.69, 9.17) is 39.8 Å². The van der Waals surface area contributed by atoms with Crippen LogP contribution in [0.25, 0.3) is 10.5 Å². The predicted octanol–water partition coefficient (Wildman–Crippen LogP) is 16.4. The number of hydrogen-bond acceptors (Lipinski definition) is 9. The van der Waals surface area contributed by atoms with Gasteiger partial charge in [-0.3, -0.25) is 14.8 Å². The molecule has 5 N–H and O–H groups in total. The number of alkyl halides is 2. The van der Waals surface area contributed by atoms with Gasteiger partial charge in [-0.1, -0.05) is 224 Å². The van der Waals surface area contributed by atoms with Crippen LogP contribution in [0.15, 0.2) is 253 Å². The molecule has 85 heavy (non-hydrogen) atoms. The molecular formula is C67H73Cl3N6O6RuS2. The molecule has 7 aromatic carbocycles. The van der Waals surface area contributed by atoms with Crippen LogP contribution in [-0.2, 0) is 37.4 Å². The molecule has 0 saturated carbocycles. The van der Waals surface area contributed by atoms with Crippen LogP contribution in [0.1, 0.15) is 111 Å². The number of aliphatic hydroxyl groups excluding tert-OH is 1. The van der Waals surface area contributed by atoms with Gasteiger partial charge in [0.15, 0.2) is 5.78 Å². The van der Waals surface area contributed by atoms with E-state index in [2.05, 4.69) is 74.1 Å². The third kappa shape index (κ3) is 24.9. The first-order valence-electron chi connectivity index (χ1n) is 26.5. The molecule has 0 saturated heterocycles. The Morgan fingerprint density at radius 2 is 0.976 bits per heavy atom. The molecule has 12 nitrogen and oxygen atoms in total. The van der Waals surface area contributed by atoms with E-state index in [-0.39, 0.29) is 34.8 Å². The standard InChI is InChI=1S/C21H22N2O2S.C21H20N2O2S.C10H14.C7H8ClNO.C7H6ClNO.CH3.ClH.Ru/c2*1-16-12-14-19(15-13-16)26(24,25)23-21(18-10-6-3-7-11-18)20(22)17-8-4-2-5-9-17;1-8(2)10-6-4-9(3)5-7-10;2*8-5-7(10)6-3-1-2-4-9-6;;;/h2-15,20-21,23H,22H2,1H3;2-15,20-22H,1H3;4-8H,1-3H3;1-4,7,10H,5H2;1-4H,5H2;1H3;1H;/q;-2;;;;-1;;+4/p-1/t2*20-,21-;;7-;;;;/m11.1..../s1. The monoisotopic (exact) mass is 1330 g/mol. The summed E-state index contributed by atoms with van der Waals surface area (Å²) in [6.45, 7) is 10.4. The topological polar surface area (TPSA) is 207 Å². The van der Waals surface area contributed by atoms with E-state index < -0.39 is 50.3 Å². The van der Waals surface area contributed by atoms with Crippen molar-refractivity contribution in [3.63, 3.8) is 0 Å². The third-order valence-corrected chi connectivity index (χ3v) is 15.9. The van der Waals surface area contributed by atoms with Gasteiger partial charge >= 0.3 is 27.0 Å². The summed E-state index contributed by atoms with van der Waals surface area (Å²) in [5.41, 5.74) is 24.0. The molecular weight excluding hydrogens is 1260 g/mol. The number of aryl methyl sites for hydroxylation is 3. The maximum absolute atomic E-state index is 12.9. The van der Waals surface area contributed by atoms with Gasteiger partial charge in [0.05, 0.1) is 34.4 Å². The number of aliphatic hydroxyl groups is 1. The van der Waals surface area contributed by atoms with Crippen LogP contribution in [0.2, 0.25) is 0 Å². The zero-order chi connectivity index (χ0) is 61.5. The van der Waals surface area contributed by atoms with E-state index in [9.17, 15) is 21.6 Å². The van der Waals surface area contributed by atoms with E-state index in [1.54, 1.807) is 91.3 Å². The zero-order valence-electron chi connectivity index (χ0n) is 48.2. The summed E-state index contributed by atoms with van der Waals surface area (Å²) in [6, 6.07) is 67.1. The fraction of sp³-hybridized carbons (Fsp3) is 0.194. The van der Waals surface area contributed by atoms with Crippen molar-refractivity contribution in [2.75, 3.05) is 11.8 Å². The summed E-state index contributed by atoms with van der Waals surface area (Å²) < 4.78 is 58.3. The van der Waals surface area contributed by atoms with Crippen LogP contribution in [0.4, 0.5) is 0 Å². The van der Waals surface area contributed by atoms with Crippen LogP contribution in [-0.4, -0.2) is 49.5 Å². The first kappa shape index (κ1) is 73.0. The van der Waals surface area contributed by atoms with Gasteiger partial charge < -0.3 is 28.7 Å². The van der Waals surface area contributed by atoms with Crippen molar-refractivity contribution in [2.24, 2.45) is 5.73 Å². The average molecular weight is 1330 g/mol. The van der Waals surface area contributed by atoms with Gasteiger partial charge in [-0.2, -0.15) is 0 Å². The van der Waals surface area contributed by atoms with Crippen LogP contribution in [0.3, 0.4) is 0 Å². The summed E-state index contributed by atoms with van der Waals surface area (Å²) in [5, 5.41) is 9.13. The third-order valence-electron chi connectivity index (χ3n) is 12.5. The molecule has 2 aromatic heterocycles. The van der Waals surface area contributed by atoms with Gasteiger partial charge in [0.1, 0.15) is 21.8 Å². The molecule has 0 aliphatic carbocycles. The fourth-order valence-electron chi connectivity index (χ4n) is 7.76. The van der Waals surface area contributed by atoms with Gasteiger partial charge in [0, 0.05) is 17.3 Å². The fourth-order valence-corrected chi connectivity index (χ4v) is 10.4. The molecule has 448 valence electrons. The molecule has 18 heteroatoms. The second-order valence-electron chi connectivity index (χ2n) is 19.2. The molecule has 0 bridgehead atoms. The number of rotatable bonds is 17. The Morgan fingerprint density at radius 3 is 1.40 bits per heavy atom. The van der Waals surface area contributed by atoms with Crippen molar-refractivity contribution < 1.29 is 44.0 Å². The van der Waals surface area contributed by atoms with Crippen LogP contribution >= 0.6 is 32.9 Å². The summed E-state index contributed by atoms with van der Waals surface area (Å²) in [6.07, 6.45) is 2.56. The molecule has 0 unspecified atom stereocenters. The number of nitrogens with two attached hydrogens (primary N) is 1. The van der Waals surface area contributed by atoms with Crippen LogP contribution < -0.4 is 10.5 Å². The number of carbonyl (C=O) groups is 1. The molecule has 0 radical (unpaired) electrons. The molecule has 0 amide bonds. The van der Waals surface area contributed by atoms with Gasteiger partial charge in [-0.15, -0.1) is 35.3 Å². The van der Waals surface area contributed by atoms with Gasteiger partial charge in [-0.25, -0.2) is 21.6 Å². The van der Waals surface area contributed by atoms with Crippen molar-refractivity contribution >= 4 is 58.7 Å². The van der Waals surface area contributed by atoms with Gasteiger partial charge in [-0.05, 0) is 91.9 Å². The van der Waals surface area contributed by atoms with Crippen LogP contribution in [0, 0.1) is 28.2 Å². The number of hydrogen-bond donors (Lipinski definition) is 3. The zero-order valence-corrected chi connectivity index (χ0v) is 53.8. The van der Waals surface area contributed by atoms with Crippen LogP contribution in [0.5, 0.6) is 0 Å². The second kappa shape index (κ2) is 38.7. The van der Waals surface area contributed by atoms with Crippen molar-refractivity contribution in [2.45, 2.75) is 80.6 Å². The number of nitrogens with zero attached hydrogens (tertiary/aromatic N) is 3. The number of sulfonamides is 2. The number of halogens is 3. The van der Waals surface area contributed by atoms with Gasteiger partial charge in [0.2, 0.25) is 10.0 Å². The van der Waals surface area contributed by atoms with Gasteiger partial charge in [0.25, 0.3) is 0 Å². The summed E-state index contributed by atoms with van der Waals surface area (Å²) in [7, 11) is -3.01. The average Bonchev–Trinajstić information content (AvgIpc) is 3.35. The Hall–Kier alpha value is -6.30. The van der Waals surface area contributed by atoms with E-state index in [0.29, 0.717) is 22.9 Å². The predicted molar refractivity (Wildman–Crippen MR) is 345 cm³/mol. The number of pyridine rings is 2. The van der Waals surface area contributed by atoms with E-state index in [0.717, 1.165) is 27.8 Å². The summed E-state index contributed by atoms with van der Waals surface area (Å²) in [5.74, 6) is 0.705. The Morgan fingerprint density at radius 1 is 0.565 bits per heavy atom. The van der Waals surface area contributed by atoms with Crippen molar-refractivity contribution in [3.8, 4) is 0 Å². The second-order valence-corrected chi connectivity index (χ2v) is 23.1. The number of benzene rings is 7. The van der Waals surface area contributed by atoms with E-state index in [1.165, 1.54) is 11.1 Å². The van der Waals surface area contributed by atoms with Crippen molar-refractivity contribution in [1.29, 1.82) is 0 Å². The Balaban J connectivity index is 0.000000296. The number of carbonyl (C=O) groups excluding carboxylic acids is 1. The molecule has 9 rings (SSSR count). The molecule has 2 heterocycles. The van der Waals surface area contributed by atoms with Crippen molar-refractivity contribution in [1.82, 2.24) is 14.7 Å². The molecule has 0 spiro atoms. The maximum atomic E-state index is 12.9. The number of nitrogens with one attached hydrogen (secondary N) is 2. The Bertz CT molecular complexity index is 3320. The number of aromatic nitrogens is 2. The van der Waals surface area contributed by atoms with E-state index in [1.807, 2.05) is 159 Å². The Kier molecular flexibility index (Phi) is 33.2. The molecule has 0 aliphatic heterocycles. The Labute approximate surface area is 528 Å². The first-order valence-corrected chi connectivity index (χ1v) is 32.7. The molecule has 0 aliphatic rings. The molecule has 9 aromatic rings. The minimum atomic E-state index is -3.87. The number of Topliss-reactive ketones (excluding diaryl/α,β-unsaturated/α-hetero) is 1. The molecule has 5 atom stereocenters. The summed E-state index contributed by atoms with van der Waals surface area (Å²) >= 11 is 12.5. The number of ketones is 1. The normalized spacial score (nSPS) is 12.4. The minimum absolute atomic E-state index is 0. The molecule has 0 fully saturated rings. The first-order chi connectivity index (χ1) is 40.3. The van der Waals surface area contributed by atoms with E-state index >= 15 is 0 Å². The SMILES string of the molecule is Cc1ccc(C(C)C)cc1.Cc1ccc(S(=O)(=O)N[C@H](c2ccccc2)[C@H](N)c2ccccc2)cc1.Cc1ccc(S(=O)(=O)[N-][C@H](c2ccccc2)[C@H]([NH-])c2ccccc2)cc1.O=C(CCl)c1ccccn1.O[C@H](CCl)c1ccccn1.[CH3-].[Cl][Ru+3]. The quantitative estimate of drug-likeness (QED) is 0.0342.